The highest BCUT2D eigenvalue weighted by atomic mass is 32.2. The summed E-state index contributed by atoms with van der Waals surface area (Å²) in [6.07, 6.45) is 5.70. The number of thiazole rings is 1. The van der Waals surface area contributed by atoms with Crippen molar-refractivity contribution in [1.29, 1.82) is 0 Å². The fourth-order valence-electron chi connectivity index (χ4n) is 2.65. The van der Waals surface area contributed by atoms with E-state index in [0.29, 0.717) is 10.7 Å². The Labute approximate surface area is 169 Å². The number of fused-ring (bicyclic) bond motifs is 1. The quantitative estimate of drug-likeness (QED) is 0.313. The number of amides is 1. The zero-order valence-electron chi connectivity index (χ0n) is 14.8. The fourth-order valence-corrected chi connectivity index (χ4v) is 6.05. The second kappa shape index (κ2) is 8.01. The Bertz CT molecular complexity index is 903. The summed E-state index contributed by atoms with van der Waals surface area (Å²) < 4.78 is 2.42. The van der Waals surface area contributed by atoms with Gasteiger partial charge in [0.2, 0.25) is 5.91 Å². The van der Waals surface area contributed by atoms with E-state index in [1.807, 2.05) is 37.7 Å². The van der Waals surface area contributed by atoms with Crippen LogP contribution >= 0.6 is 34.9 Å². The van der Waals surface area contributed by atoms with Crippen LogP contribution in [0.4, 0.5) is 0 Å². The van der Waals surface area contributed by atoms with Crippen molar-refractivity contribution in [3.8, 4) is 0 Å². The predicted octanol–water partition coefficient (Wildman–Crippen LogP) is 2.03. The van der Waals surface area contributed by atoms with E-state index < -0.39 is 12.0 Å². The van der Waals surface area contributed by atoms with E-state index >= 15 is 0 Å². The van der Waals surface area contributed by atoms with Gasteiger partial charge in [-0.2, -0.15) is 0 Å². The van der Waals surface area contributed by atoms with Gasteiger partial charge in [0.05, 0.1) is 5.69 Å². The molecule has 0 aromatic carbocycles. The van der Waals surface area contributed by atoms with E-state index in [1.54, 1.807) is 4.58 Å². The fraction of sp³-hybridized carbons (Fsp3) is 0.294. The van der Waals surface area contributed by atoms with E-state index in [1.165, 1.54) is 39.8 Å². The number of rotatable bonds is 6. The Kier molecular flexibility index (Phi) is 5.89. The van der Waals surface area contributed by atoms with Gasteiger partial charge in [-0.1, -0.05) is 17.8 Å². The minimum absolute atomic E-state index is 0.0250. The number of carboxylic acid groups (broad SMARTS) is 1. The molecule has 3 N–H and O–H groups in total. The van der Waals surface area contributed by atoms with Crippen LogP contribution in [0.25, 0.3) is 5.57 Å². The number of nitrogens with zero attached hydrogens (tertiary/aromatic N) is 3. The number of thioether (sulfide) groups is 2. The first-order valence-corrected chi connectivity index (χ1v) is 10.8. The molecule has 1 amide bonds. The van der Waals surface area contributed by atoms with E-state index in [0.717, 1.165) is 15.6 Å². The number of aromatic nitrogens is 1. The lowest BCUT2D eigenvalue weighted by atomic mass is 10.1. The lowest BCUT2D eigenvalue weighted by molar-refractivity contribution is -0.411. The first-order valence-electron chi connectivity index (χ1n) is 8.01. The van der Waals surface area contributed by atoms with Crippen LogP contribution in [0.5, 0.6) is 0 Å². The molecule has 0 spiro atoms. The molecule has 1 aromatic heterocycles. The molecule has 3 rings (SSSR count). The number of carboxylic acids is 1. The van der Waals surface area contributed by atoms with Crippen molar-refractivity contribution in [2.24, 2.45) is 5.73 Å². The monoisotopic (exact) mass is 423 g/mol. The minimum Gasteiger partial charge on any atom is -0.477 e. The third-order valence-electron chi connectivity index (χ3n) is 3.99. The highest BCUT2D eigenvalue weighted by molar-refractivity contribution is 8.07. The maximum Gasteiger partial charge on any atom is 0.353 e. The predicted molar refractivity (Wildman–Crippen MR) is 110 cm³/mol. The molecule has 1 fully saturated rings. The average Bonchev–Trinajstić information content (AvgIpc) is 3.09. The van der Waals surface area contributed by atoms with Gasteiger partial charge < -0.3 is 10.8 Å². The highest BCUT2D eigenvalue weighted by Gasteiger charge is 2.52. The molecule has 0 radical (unpaired) electrons. The lowest BCUT2D eigenvalue weighted by Gasteiger charge is -2.47. The summed E-state index contributed by atoms with van der Waals surface area (Å²) in [5.74, 6) is -0.969. The molecule has 2 aliphatic rings. The van der Waals surface area contributed by atoms with Crippen molar-refractivity contribution in [3.63, 3.8) is 0 Å². The molecule has 7 nitrogen and oxygen atoms in total. The SMILES string of the molecule is C=[N+](C)C=CC(=CC)c1csc(SC2=C(C(=O)O)N3C(=O)C(N)C3SC2)n1. The molecular formula is C17H19N4O3S3+. The van der Waals surface area contributed by atoms with Gasteiger partial charge in [-0.15, -0.1) is 23.1 Å². The number of carbonyl (C=O) groups excluding carboxylic acids is 1. The third-order valence-corrected chi connectivity index (χ3v) is 7.49. The normalized spacial score (nSPS) is 22.9. The standard InChI is InChI=1S/C17H18N4O3S3/c1-4-9(5-6-20(2)3)10-7-26-17(19-10)27-11-8-25-15-12(18)14(22)21(15)13(11)16(23)24/h4-7,12,15H,2,8,18H2,1,3H3/p+1. The molecule has 2 atom stereocenters. The molecule has 0 saturated carbocycles. The number of hydrogen-bond acceptors (Lipinski definition) is 7. The van der Waals surface area contributed by atoms with Crippen molar-refractivity contribution < 1.29 is 19.3 Å². The van der Waals surface area contributed by atoms with Crippen molar-refractivity contribution in [2.75, 3.05) is 12.8 Å². The molecule has 0 bridgehead atoms. The first kappa shape index (κ1) is 19.9. The number of allylic oxidation sites excluding steroid dienone is 3. The molecular weight excluding hydrogens is 404 g/mol. The number of carbonyl (C=O) groups is 2. The van der Waals surface area contributed by atoms with Crippen LogP contribution in [0, 0.1) is 0 Å². The van der Waals surface area contributed by atoms with Gasteiger partial charge in [0.15, 0.2) is 10.5 Å². The van der Waals surface area contributed by atoms with Crippen LogP contribution in [-0.4, -0.2) is 62.4 Å². The highest BCUT2D eigenvalue weighted by Crippen LogP contribution is 2.45. The second-order valence-electron chi connectivity index (χ2n) is 5.93. The largest absolute Gasteiger partial charge is 0.477 e. The zero-order chi connectivity index (χ0) is 19.7. The summed E-state index contributed by atoms with van der Waals surface area (Å²) in [4.78, 5) is 30.3. The van der Waals surface area contributed by atoms with Gasteiger partial charge in [0.25, 0.3) is 0 Å². The molecule has 1 saturated heterocycles. The minimum atomic E-state index is -1.12. The summed E-state index contributed by atoms with van der Waals surface area (Å²) >= 11 is 4.22. The summed E-state index contributed by atoms with van der Waals surface area (Å²) in [5, 5.41) is 11.2. The zero-order valence-corrected chi connectivity index (χ0v) is 17.2. The topological polar surface area (TPSA) is 99.5 Å². The molecule has 27 heavy (non-hydrogen) atoms. The van der Waals surface area contributed by atoms with Crippen LogP contribution < -0.4 is 5.73 Å². The Hall–Kier alpha value is -1.88. The molecule has 1 aromatic rings. The molecule has 0 aliphatic carbocycles. The van der Waals surface area contributed by atoms with Crippen LogP contribution in [-0.2, 0) is 9.59 Å². The number of hydrogen-bond donors (Lipinski definition) is 2. The van der Waals surface area contributed by atoms with Crippen molar-refractivity contribution in [2.45, 2.75) is 22.7 Å². The maximum absolute atomic E-state index is 12.0. The molecule has 3 heterocycles. The van der Waals surface area contributed by atoms with Crippen LogP contribution in [0.2, 0.25) is 0 Å². The van der Waals surface area contributed by atoms with E-state index in [-0.39, 0.29) is 17.0 Å². The van der Waals surface area contributed by atoms with Crippen LogP contribution in [0.3, 0.4) is 0 Å². The number of β-lactam (4-membered cyclic amide) rings is 1. The molecule has 142 valence electrons. The van der Waals surface area contributed by atoms with Crippen molar-refractivity contribution in [3.05, 3.63) is 40.0 Å². The average molecular weight is 424 g/mol. The van der Waals surface area contributed by atoms with Gasteiger partial charge in [0.1, 0.15) is 30.9 Å². The van der Waals surface area contributed by atoms with Gasteiger partial charge >= 0.3 is 5.97 Å². The maximum atomic E-state index is 12.0. The summed E-state index contributed by atoms with van der Waals surface area (Å²) in [6.45, 7) is 5.70. The Balaban J connectivity index is 1.85. The van der Waals surface area contributed by atoms with Crippen molar-refractivity contribution in [1.82, 2.24) is 9.88 Å². The van der Waals surface area contributed by atoms with E-state index in [4.69, 9.17) is 5.73 Å². The van der Waals surface area contributed by atoms with Crippen LogP contribution in [0.15, 0.2) is 38.7 Å². The molecule has 10 heteroatoms. The van der Waals surface area contributed by atoms with Gasteiger partial charge in [0, 0.05) is 27.7 Å². The van der Waals surface area contributed by atoms with Gasteiger partial charge in [-0.25, -0.2) is 14.4 Å². The van der Waals surface area contributed by atoms with Crippen molar-refractivity contribution >= 4 is 59.0 Å². The number of aliphatic carboxylic acids is 1. The Morgan fingerprint density at radius 2 is 2.33 bits per heavy atom. The summed E-state index contributed by atoms with van der Waals surface area (Å²) in [5.41, 5.74) is 7.55. The Morgan fingerprint density at radius 1 is 1.59 bits per heavy atom. The number of nitrogens with two attached hydrogens (primary N) is 1. The summed E-state index contributed by atoms with van der Waals surface area (Å²) in [7, 11) is 1.84. The Morgan fingerprint density at radius 3 is 2.96 bits per heavy atom. The smallest absolute Gasteiger partial charge is 0.353 e. The summed E-state index contributed by atoms with van der Waals surface area (Å²) in [6, 6.07) is -0.627. The van der Waals surface area contributed by atoms with Gasteiger partial charge in [-0.05, 0) is 6.92 Å². The molecule has 2 unspecified atom stereocenters. The lowest BCUT2D eigenvalue weighted by Crippen LogP contribution is -2.68. The van der Waals surface area contributed by atoms with Crippen LogP contribution in [0.1, 0.15) is 12.6 Å². The second-order valence-corrected chi connectivity index (χ2v) is 9.24. The first-order chi connectivity index (χ1) is 12.8. The molecule has 2 aliphatic heterocycles. The van der Waals surface area contributed by atoms with E-state index in [2.05, 4.69) is 11.7 Å². The van der Waals surface area contributed by atoms with E-state index in [9.17, 15) is 14.7 Å². The third kappa shape index (κ3) is 3.88. The van der Waals surface area contributed by atoms with Gasteiger partial charge in [-0.3, -0.25) is 9.69 Å².